The van der Waals surface area contributed by atoms with Crippen LogP contribution >= 0.6 is 0 Å². The minimum absolute atomic E-state index is 0.115. The zero-order valence-electron chi connectivity index (χ0n) is 14.2. The van der Waals surface area contributed by atoms with E-state index in [0.717, 1.165) is 38.6 Å². The molecule has 130 valence electrons. The maximum Gasteiger partial charge on any atom is 0.314 e. The second-order valence-corrected chi connectivity index (χ2v) is 6.93. The third kappa shape index (κ3) is 3.71. The van der Waals surface area contributed by atoms with Gasteiger partial charge in [0.1, 0.15) is 0 Å². The van der Waals surface area contributed by atoms with Crippen molar-refractivity contribution in [1.29, 1.82) is 0 Å². The number of benzene rings is 1. The highest BCUT2D eigenvalue weighted by atomic mass is 16.2. The van der Waals surface area contributed by atoms with Crippen molar-refractivity contribution >= 4 is 11.9 Å². The van der Waals surface area contributed by atoms with Crippen LogP contribution in [0.15, 0.2) is 30.3 Å². The molecule has 0 spiro atoms. The van der Waals surface area contributed by atoms with Gasteiger partial charge in [0, 0.05) is 19.6 Å². The van der Waals surface area contributed by atoms with Crippen molar-refractivity contribution in [3.05, 3.63) is 35.9 Å². The van der Waals surface area contributed by atoms with Crippen LogP contribution in [0.4, 0.5) is 4.79 Å². The van der Waals surface area contributed by atoms with E-state index < -0.39 is 6.03 Å². The van der Waals surface area contributed by atoms with Gasteiger partial charge in [0.15, 0.2) is 0 Å². The summed E-state index contributed by atoms with van der Waals surface area (Å²) >= 11 is 0. The molecule has 2 aliphatic heterocycles. The molecule has 2 N–H and O–H groups in total. The van der Waals surface area contributed by atoms with E-state index in [1.807, 2.05) is 18.2 Å². The number of nitrogens with two attached hydrogens (primary N) is 1. The SMILES string of the molecule is NC(=O)N1CCCC(C(=O)N2CCCCCC2c2ccccc2)C1. The molecular weight excluding hydrogens is 302 g/mol. The topological polar surface area (TPSA) is 66.6 Å². The minimum Gasteiger partial charge on any atom is -0.351 e. The van der Waals surface area contributed by atoms with Crippen LogP contribution < -0.4 is 5.73 Å². The van der Waals surface area contributed by atoms with Crippen LogP contribution in [-0.4, -0.2) is 41.4 Å². The standard InChI is InChI=1S/C19H27N3O2/c20-19(24)21-12-7-10-16(14-21)18(23)22-13-6-2-5-11-17(22)15-8-3-1-4-9-15/h1,3-4,8-9,16-17H,2,5-7,10-14H2,(H2,20,24). The molecule has 24 heavy (non-hydrogen) atoms. The smallest absolute Gasteiger partial charge is 0.314 e. The summed E-state index contributed by atoms with van der Waals surface area (Å²) in [5.41, 5.74) is 6.63. The Balaban J connectivity index is 1.78. The van der Waals surface area contributed by atoms with Gasteiger partial charge < -0.3 is 15.5 Å². The summed E-state index contributed by atoms with van der Waals surface area (Å²) in [7, 11) is 0. The Morgan fingerprint density at radius 2 is 1.75 bits per heavy atom. The molecule has 5 nitrogen and oxygen atoms in total. The number of amides is 3. The molecule has 2 fully saturated rings. The van der Waals surface area contributed by atoms with E-state index in [1.165, 1.54) is 12.0 Å². The van der Waals surface area contributed by atoms with Crippen molar-refractivity contribution in [3.63, 3.8) is 0 Å². The number of rotatable bonds is 2. The summed E-state index contributed by atoms with van der Waals surface area (Å²) < 4.78 is 0. The third-order valence-electron chi connectivity index (χ3n) is 5.30. The molecule has 2 heterocycles. The molecule has 0 aromatic heterocycles. The number of urea groups is 1. The van der Waals surface area contributed by atoms with Gasteiger partial charge >= 0.3 is 6.03 Å². The summed E-state index contributed by atoms with van der Waals surface area (Å²) in [5, 5.41) is 0. The molecule has 5 heteroatoms. The van der Waals surface area contributed by atoms with E-state index in [0.29, 0.717) is 13.1 Å². The Kier molecular flexibility index (Phi) is 5.38. The van der Waals surface area contributed by atoms with Crippen LogP contribution in [0.3, 0.4) is 0 Å². The molecule has 0 saturated carbocycles. The van der Waals surface area contributed by atoms with Crippen molar-refractivity contribution in [2.45, 2.75) is 44.6 Å². The third-order valence-corrected chi connectivity index (χ3v) is 5.30. The molecule has 2 unspecified atom stereocenters. The maximum atomic E-state index is 13.2. The Hall–Kier alpha value is -2.04. The maximum absolute atomic E-state index is 13.2. The van der Waals surface area contributed by atoms with Gasteiger partial charge in [-0.15, -0.1) is 0 Å². The van der Waals surface area contributed by atoms with Crippen molar-refractivity contribution in [2.75, 3.05) is 19.6 Å². The average Bonchev–Trinajstić information content (AvgIpc) is 2.88. The van der Waals surface area contributed by atoms with Crippen molar-refractivity contribution < 1.29 is 9.59 Å². The average molecular weight is 329 g/mol. The number of carbonyl (C=O) groups is 2. The van der Waals surface area contributed by atoms with Gasteiger partial charge in [-0.2, -0.15) is 0 Å². The molecule has 2 saturated heterocycles. The van der Waals surface area contributed by atoms with Gasteiger partial charge in [0.25, 0.3) is 0 Å². The molecule has 2 atom stereocenters. The zero-order valence-corrected chi connectivity index (χ0v) is 14.2. The van der Waals surface area contributed by atoms with Crippen LogP contribution in [0, 0.1) is 5.92 Å². The lowest BCUT2D eigenvalue weighted by Crippen LogP contribution is -2.49. The molecule has 0 aliphatic carbocycles. The highest BCUT2D eigenvalue weighted by Gasteiger charge is 2.34. The number of hydrogen-bond acceptors (Lipinski definition) is 2. The van der Waals surface area contributed by atoms with E-state index in [2.05, 4.69) is 17.0 Å². The predicted molar refractivity (Wildman–Crippen MR) is 93.2 cm³/mol. The molecular formula is C19H27N3O2. The van der Waals surface area contributed by atoms with Crippen molar-refractivity contribution in [1.82, 2.24) is 9.80 Å². The number of likely N-dealkylation sites (tertiary alicyclic amines) is 2. The summed E-state index contributed by atoms with van der Waals surface area (Å²) in [6.07, 6.45) is 6.10. The monoisotopic (exact) mass is 329 g/mol. The Labute approximate surface area is 143 Å². The molecule has 0 radical (unpaired) electrons. The van der Waals surface area contributed by atoms with E-state index in [-0.39, 0.29) is 17.9 Å². The van der Waals surface area contributed by atoms with Crippen molar-refractivity contribution in [3.8, 4) is 0 Å². The van der Waals surface area contributed by atoms with E-state index in [9.17, 15) is 9.59 Å². The Bertz CT molecular complexity index is 575. The highest BCUT2D eigenvalue weighted by molar-refractivity contribution is 5.81. The van der Waals surface area contributed by atoms with Crippen LogP contribution in [0.1, 0.15) is 50.1 Å². The van der Waals surface area contributed by atoms with E-state index in [1.54, 1.807) is 4.90 Å². The first-order chi connectivity index (χ1) is 11.7. The minimum atomic E-state index is -0.414. The molecule has 1 aromatic carbocycles. The number of carbonyl (C=O) groups excluding carboxylic acids is 2. The molecule has 3 rings (SSSR count). The van der Waals surface area contributed by atoms with Crippen molar-refractivity contribution in [2.24, 2.45) is 11.7 Å². The van der Waals surface area contributed by atoms with Crippen LogP contribution in [0.2, 0.25) is 0 Å². The lowest BCUT2D eigenvalue weighted by atomic mass is 9.94. The first-order valence-electron chi connectivity index (χ1n) is 9.06. The highest BCUT2D eigenvalue weighted by Crippen LogP contribution is 2.32. The zero-order chi connectivity index (χ0) is 16.9. The van der Waals surface area contributed by atoms with Gasteiger partial charge in [-0.05, 0) is 31.2 Å². The Morgan fingerprint density at radius 3 is 2.50 bits per heavy atom. The fourth-order valence-corrected chi connectivity index (χ4v) is 4.01. The van der Waals surface area contributed by atoms with E-state index >= 15 is 0 Å². The summed E-state index contributed by atoms with van der Waals surface area (Å²) in [6.45, 7) is 1.94. The van der Waals surface area contributed by atoms with Crippen LogP contribution in [-0.2, 0) is 4.79 Å². The number of nitrogens with zero attached hydrogens (tertiary/aromatic N) is 2. The van der Waals surface area contributed by atoms with Gasteiger partial charge in [-0.25, -0.2) is 4.79 Å². The number of hydrogen-bond donors (Lipinski definition) is 1. The molecule has 3 amide bonds. The fourth-order valence-electron chi connectivity index (χ4n) is 4.01. The van der Waals surface area contributed by atoms with Gasteiger partial charge in [-0.1, -0.05) is 43.2 Å². The van der Waals surface area contributed by atoms with Crippen LogP contribution in [0.25, 0.3) is 0 Å². The largest absolute Gasteiger partial charge is 0.351 e. The quantitative estimate of drug-likeness (QED) is 0.906. The second-order valence-electron chi connectivity index (χ2n) is 6.93. The van der Waals surface area contributed by atoms with Gasteiger partial charge in [0.2, 0.25) is 5.91 Å². The van der Waals surface area contributed by atoms with E-state index in [4.69, 9.17) is 5.73 Å². The number of primary amides is 1. The number of piperidine rings is 1. The molecule has 1 aromatic rings. The fraction of sp³-hybridized carbons (Fsp3) is 0.579. The summed E-state index contributed by atoms with van der Waals surface area (Å²) in [4.78, 5) is 28.3. The summed E-state index contributed by atoms with van der Waals surface area (Å²) in [6, 6.07) is 10.1. The first kappa shape index (κ1) is 16.8. The summed E-state index contributed by atoms with van der Waals surface area (Å²) in [5.74, 6) is 0.0762. The predicted octanol–water partition coefficient (Wildman–Crippen LogP) is 2.92. The second kappa shape index (κ2) is 7.69. The van der Waals surface area contributed by atoms with Gasteiger partial charge in [-0.3, -0.25) is 4.79 Å². The normalized spacial score (nSPS) is 25.2. The Morgan fingerprint density at radius 1 is 0.958 bits per heavy atom. The van der Waals surface area contributed by atoms with Crippen LogP contribution in [0.5, 0.6) is 0 Å². The van der Waals surface area contributed by atoms with Gasteiger partial charge in [0.05, 0.1) is 12.0 Å². The lowest BCUT2D eigenvalue weighted by molar-refractivity contribution is -0.139. The molecule has 0 bridgehead atoms. The first-order valence-corrected chi connectivity index (χ1v) is 9.06. The molecule has 2 aliphatic rings. The lowest BCUT2D eigenvalue weighted by Gasteiger charge is -2.37.